The third-order valence-corrected chi connectivity index (χ3v) is 3.99. The Morgan fingerprint density at radius 2 is 2.00 bits per heavy atom. The second kappa shape index (κ2) is 6.37. The minimum atomic E-state index is 0.0725. The van der Waals surface area contributed by atoms with Crippen molar-refractivity contribution in [1.82, 2.24) is 10.2 Å². The quantitative estimate of drug-likeness (QED) is 0.886. The summed E-state index contributed by atoms with van der Waals surface area (Å²) < 4.78 is 0. The van der Waals surface area contributed by atoms with E-state index in [1.165, 1.54) is 0 Å². The van der Waals surface area contributed by atoms with Crippen LogP contribution in [0, 0.1) is 13.8 Å². The first-order chi connectivity index (χ1) is 9.47. The van der Waals surface area contributed by atoms with E-state index in [2.05, 4.69) is 29.4 Å². The Labute approximate surface area is 121 Å². The van der Waals surface area contributed by atoms with Crippen LogP contribution in [0.4, 0.5) is 5.69 Å². The van der Waals surface area contributed by atoms with Gasteiger partial charge in [0.1, 0.15) is 0 Å². The summed E-state index contributed by atoms with van der Waals surface area (Å²) in [6.07, 6.45) is 0. The van der Waals surface area contributed by atoms with Crippen LogP contribution in [0.15, 0.2) is 18.2 Å². The molecule has 0 saturated carbocycles. The molecule has 0 bridgehead atoms. The van der Waals surface area contributed by atoms with Gasteiger partial charge in [-0.3, -0.25) is 9.69 Å². The molecule has 1 aromatic carbocycles. The zero-order chi connectivity index (χ0) is 14.7. The molecule has 1 aliphatic heterocycles. The molecule has 2 atom stereocenters. The number of carbonyl (C=O) groups excluding carboxylic acids is 1. The Morgan fingerprint density at radius 3 is 2.65 bits per heavy atom. The molecule has 0 aliphatic carbocycles. The van der Waals surface area contributed by atoms with Gasteiger partial charge in [0.25, 0.3) is 0 Å². The average Bonchev–Trinajstić information content (AvgIpc) is 2.38. The Kier molecular flexibility index (Phi) is 4.78. The van der Waals surface area contributed by atoms with E-state index in [0.29, 0.717) is 18.6 Å². The number of nitrogens with zero attached hydrogens (tertiary/aromatic N) is 1. The predicted molar refractivity (Wildman–Crippen MR) is 83.0 cm³/mol. The Balaban J connectivity index is 1.98. The molecular formula is C16H25N3O. The summed E-state index contributed by atoms with van der Waals surface area (Å²) in [7, 11) is 0. The highest BCUT2D eigenvalue weighted by molar-refractivity contribution is 5.93. The lowest BCUT2D eigenvalue weighted by molar-refractivity contribution is -0.118. The summed E-state index contributed by atoms with van der Waals surface area (Å²) in [5.74, 6) is 0.0725. The number of anilines is 1. The van der Waals surface area contributed by atoms with Crippen LogP contribution in [-0.2, 0) is 4.79 Å². The number of para-hydroxylation sites is 1. The summed E-state index contributed by atoms with van der Waals surface area (Å²) >= 11 is 0. The van der Waals surface area contributed by atoms with Crippen molar-refractivity contribution >= 4 is 11.6 Å². The topological polar surface area (TPSA) is 44.4 Å². The van der Waals surface area contributed by atoms with E-state index < -0.39 is 0 Å². The lowest BCUT2D eigenvalue weighted by Crippen LogP contribution is -2.55. The van der Waals surface area contributed by atoms with Gasteiger partial charge in [-0.15, -0.1) is 0 Å². The number of aryl methyl sites for hydroxylation is 2. The number of hydrogen-bond donors (Lipinski definition) is 2. The number of carbonyl (C=O) groups is 1. The van der Waals surface area contributed by atoms with Gasteiger partial charge >= 0.3 is 0 Å². The smallest absolute Gasteiger partial charge is 0.238 e. The van der Waals surface area contributed by atoms with Crippen molar-refractivity contribution in [3.8, 4) is 0 Å². The van der Waals surface area contributed by atoms with Gasteiger partial charge in [-0.05, 0) is 38.8 Å². The molecule has 2 rings (SSSR count). The van der Waals surface area contributed by atoms with E-state index in [9.17, 15) is 4.79 Å². The van der Waals surface area contributed by atoms with Gasteiger partial charge in [0.15, 0.2) is 0 Å². The fourth-order valence-electron chi connectivity index (χ4n) is 2.69. The molecule has 1 heterocycles. The molecule has 4 nitrogen and oxygen atoms in total. The number of rotatable bonds is 3. The minimum Gasteiger partial charge on any atom is -0.324 e. The highest BCUT2D eigenvalue weighted by Crippen LogP contribution is 2.19. The number of piperazine rings is 1. The molecule has 0 unspecified atom stereocenters. The van der Waals surface area contributed by atoms with Crippen molar-refractivity contribution < 1.29 is 4.79 Å². The molecule has 20 heavy (non-hydrogen) atoms. The lowest BCUT2D eigenvalue weighted by Gasteiger charge is -2.37. The normalized spacial score (nSPS) is 23.6. The molecule has 4 heteroatoms. The molecule has 1 aliphatic rings. The van der Waals surface area contributed by atoms with Crippen molar-refractivity contribution in [2.75, 3.05) is 25.0 Å². The van der Waals surface area contributed by atoms with Crippen LogP contribution in [0.2, 0.25) is 0 Å². The number of amides is 1. The van der Waals surface area contributed by atoms with E-state index in [1.54, 1.807) is 0 Å². The second-order valence-corrected chi connectivity index (χ2v) is 5.90. The molecule has 1 amide bonds. The van der Waals surface area contributed by atoms with Gasteiger partial charge in [0.05, 0.1) is 6.54 Å². The maximum absolute atomic E-state index is 12.3. The zero-order valence-corrected chi connectivity index (χ0v) is 12.9. The minimum absolute atomic E-state index is 0.0725. The Hall–Kier alpha value is -1.39. The van der Waals surface area contributed by atoms with E-state index >= 15 is 0 Å². The molecule has 0 spiro atoms. The molecule has 0 radical (unpaired) electrons. The molecular weight excluding hydrogens is 250 g/mol. The highest BCUT2D eigenvalue weighted by Gasteiger charge is 2.24. The number of hydrogen-bond acceptors (Lipinski definition) is 3. The van der Waals surface area contributed by atoms with Crippen molar-refractivity contribution in [3.63, 3.8) is 0 Å². The monoisotopic (exact) mass is 275 g/mol. The largest absolute Gasteiger partial charge is 0.324 e. The standard InChI is InChI=1S/C16H25N3O/c1-11-6-5-7-12(2)16(11)18-15(20)10-19-9-13(3)17-8-14(19)4/h5-7,13-14,17H,8-10H2,1-4H3,(H,18,20)/t13-,14+/m1/s1. The number of benzene rings is 1. The maximum atomic E-state index is 12.3. The summed E-state index contributed by atoms with van der Waals surface area (Å²) in [6, 6.07) is 6.91. The summed E-state index contributed by atoms with van der Waals surface area (Å²) in [5, 5.41) is 6.49. The van der Waals surface area contributed by atoms with E-state index in [1.807, 2.05) is 32.0 Å². The van der Waals surface area contributed by atoms with Gasteiger partial charge in [-0.2, -0.15) is 0 Å². The van der Waals surface area contributed by atoms with Crippen LogP contribution in [-0.4, -0.2) is 42.5 Å². The fourth-order valence-corrected chi connectivity index (χ4v) is 2.69. The second-order valence-electron chi connectivity index (χ2n) is 5.90. The molecule has 0 aromatic heterocycles. The van der Waals surface area contributed by atoms with Crippen molar-refractivity contribution in [2.24, 2.45) is 0 Å². The van der Waals surface area contributed by atoms with Gasteiger partial charge < -0.3 is 10.6 Å². The fraction of sp³-hybridized carbons (Fsp3) is 0.562. The maximum Gasteiger partial charge on any atom is 0.238 e. The third kappa shape index (κ3) is 3.58. The summed E-state index contributed by atoms with van der Waals surface area (Å²) in [5.41, 5.74) is 3.17. The van der Waals surface area contributed by atoms with E-state index in [4.69, 9.17) is 0 Å². The molecule has 1 fully saturated rings. The Morgan fingerprint density at radius 1 is 1.35 bits per heavy atom. The third-order valence-electron chi connectivity index (χ3n) is 3.99. The van der Waals surface area contributed by atoms with Crippen LogP contribution in [0.1, 0.15) is 25.0 Å². The first-order valence-corrected chi connectivity index (χ1v) is 7.31. The molecule has 1 aromatic rings. The van der Waals surface area contributed by atoms with Crippen molar-refractivity contribution in [2.45, 2.75) is 39.8 Å². The SMILES string of the molecule is Cc1cccc(C)c1NC(=O)CN1C[C@@H](C)NC[C@@H]1C. The van der Waals surface area contributed by atoms with Gasteiger partial charge in [-0.1, -0.05) is 18.2 Å². The van der Waals surface area contributed by atoms with Gasteiger partial charge in [-0.25, -0.2) is 0 Å². The summed E-state index contributed by atoms with van der Waals surface area (Å²) in [4.78, 5) is 14.5. The number of nitrogens with one attached hydrogen (secondary N) is 2. The van der Waals surface area contributed by atoms with Crippen molar-refractivity contribution in [3.05, 3.63) is 29.3 Å². The molecule has 1 saturated heterocycles. The van der Waals surface area contributed by atoms with E-state index in [0.717, 1.165) is 29.9 Å². The molecule has 2 N–H and O–H groups in total. The summed E-state index contributed by atoms with van der Waals surface area (Å²) in [6.45, 7) is 10.7. The highest BCUT2D eigenvalue weighted by atomic mass is 16.2. The van der Waals surface area contributed by atoms with Gasteiger partial charge in [0, 0.05) is 30.9 Å². The van der Waals surface area contributed by atoms with Crippen LogP contribution < -0.4 is 10.6 Å². The lowest BCUT2D eigenvalue weighted by atomic mass is 10.1. The average molecular weight is 275 g/mol. The first kappa shape index (κ1) is 15.0. The van der Waals surface area contributed by atoms with Gasteiger partial charge in [0.2, 0.25) is 5.91 Å². The van der Waals surface area contributed by atoms with E-state index in [-0.39, 0.29) is 5.91 Å². The first-order valence-electron chi connectivity index (χ1n) is 7.31. The van der Waals surface area contributed by atoms with Crippen LogP contribution in [0.5, 0.6) is 0 Å². The Bertz CT molecular complexity index is 466. The van der Waals surface area contributed by atoms with Crippen molar-refractivity contribution in [1.29, 1.82) is 0 Å². The molecule has 110 valence electrons. The van der Waals surface area contributed by atoms with Crippen LogP contribution >= 0.6 is 0 Å². The van der Waals surface area contributed by atoms with Crippen LogP contribution in [0.3, 0.4) is 0 Å². The van der Waals surface area contributed by atoms with Crippen LogP contribution in [0.25, 0.3) is 0 Å². The zero-order valence-electron chi connectivity index (χ0n) is 12.9. The predicted octanol–water partition coefficient (Wildman–Crippen LogP) is 1.92.